The Bertz CT molecular complexity index is 808. The maximum Gasteiger partial charge on any atom is 0.133 e. The van der Waals surface area contributed by atoms with Crippen molar-refractivity contribution in [2.24, 2.45) is 0 Å². The van der Waals surface area contributed by atoms with Gasteiger partial charge in [0.1, 0.15) is 5.75 Å². The van der Waals surface area contributed by atoms with Crippen molar-refractivity contribution in [3.05, 3.63) is 88.4 Å². The minimum atomic E-state index is -0.293. The van der Waals surface area contributed by atoms with E-state index in [1.54, 1.807) is 0 Å². The Balaban J connectivity index is 2.18. The normalized spacial score (nSPS) is 11.4. The average molecular weight is 367 g/mol. The van der Waals surface area contributed by atoms with Gasteiger partial charge in [-0.25, -0.2) is 0 Å². The number of phenolic OH excluding ortho intramolecular Hbond substituents is 1. The van der Waals surface area contributed by atoms with Crippen LogP contribution in [0.1, 0.15) is 25.0 Å². The summed E-state index contributed by atoms with van der Waals surface area (Å²) in [6.07, 6.45) is 0. The minimum Gasteiger partial charge on any atom is -0.506 e. The van der Waals surface area contributed by atoms with Crippen molar-refractivity contribution in [3.63, 3.8) is 0 Å². The van der Waals surface area contributed by atoms with Crippen molar-refractivity contribution < 1.29 is 5.11 Å². The maximum absolute atomic E-state index is 10.6. The van der Waals surface area contributed by atoms with Crippen LogP contribution in [0.3, 0.4) is 0 Å². The lowest BCUT2D eigenvalue weighted by atomic mass is 9.77. The molecule has 116 valence electrons. The SMILES string of the molecule is CC(C)(c1ccccc1)c1cc(-c2ccccc2)cc(Br)c1O. The van der Waals surface area contributed by atoms with Gasteiger partial charge in [0.2, 0.25) is 0 Å². The predicted octanol–water partition coefficient (Wildman–Crippen LogP) is 6.15. The molecule has 0 radical (unpaired) electrons. The summed E-state index contributed by atoms with van der Waals surface area (Å²) >= 11 is 3.51. The van der Waals surface area contributed by atoms with Gasteiger partial charge in [0.05, 0.1) is 4.47 Å². The molecule has 0 saturated carbocycles. The molecular formula is C21H19BrO. The van der Waals surface area contributed by atoms with E-state index in [1.165, 1.54) is 5.56 Å². The van der Waals surface area contributed by atoms with Gasteiger partial charge in [-0.05, 0) is 44.8 Å². The van der Waals surface area contributed by atoms with E-state index >= 15 is 0 Å². The summed E-state index contributed by atoms with van der Waals surface area (Å²) in [6, 6.07) is 24.5. The summed E-state index contributed by atoms with van der Waals surface area (Å²) < 4.78 is 0.720. The number of halogens is 1. The molecule has 0 aromatic heterocycles. The lowest BCUT2D eigenvalue weighted by Crippen LogP contribution is -2.19. The quantitative estimate of drug-likeness (QED) is 0.589. The molecule has 0 unspecified atom stereocenters. The number of aromatic hydroxyl groups is 1. The largest absolute Gasteiger partial charge is 0.506 e. The smallest absolute Gasteiger partial charge is 0.133 e. The molecule has 0 amide bonds. The third-order valence-corrected chi connectivity index (χ3v) is 4.94. The first-order chi connectivity index (χ1) is 11.0. The fourth-order valence-corrected chi connectivity index (χ4v) is 3.34. The zero-order valence-corrected chi connectivity index (χ0v) is 14.8. The van der Waals surface area contributed by atoms with Gasteiger partial charge in [-0.1, -0.05) is 74.5 Å². The van der Waals surface area contributed by atoms with E-state index in [1.807, 2.05) is 42.5 Å². The first-order valence-corrected chi connectivity index (χ1v) is 8.43. The summed E-state index contributed by atoms with van der Waals surface area (Å²) in [5, 5.41) is 10.6. The van der Waals surface area contributed by atoms with Gasteiger partial charge in [0, 0.05) is 11.0 Å². The molecule has 0 fully saturated rings. The second-order valence-electron chi connectivity index (χ2n) is 6.21. The zero-order chi connectivity index (χ0) is 16.4. The summed E-state index contributed by atoms with van der Waals surface area (Å²) in [5.41, 5.74) is 4.02. The Morgan fingerprint density at radius 3 is 1.96 bits per heavy atom. The molecule has 3 aromatic rings. The Kier molecular flexibility index (Phi) is 4.27. The van der Waals surface area contributed by atoms with Gasteiger partial charge >= 0.3 is 0 Å². The Morgan fingerprint density at radius 2 is 1.35 bits per heavy atom. The van der Waals surface area contributed by atoms with Crippen LogP contribution >= 0.6 is 15.9 Å². The van der Waals surface area contributed by atoms with Gasteiger partial charge < -0.3 is 5.11 Å². The molecular weight excluding hydrogens is 348 g/mol. The van der Waals surface area contributed by atoms with Gasteiger partial charge in [-0.3, -0.25) is 0 Å². The van der Waals surface area contributed by atoms with E-state index in [-0.39, 0.29) is 5.41 Å². The van der Waals surface area contributed by atoms with Gasteiger partial charge in [0.25, 0.3) is 0 Å². The molecule has 0 aliphatic heterocycles. The van der Waals surface area contributed by atoms with Crippen molar-refractivity contribution in [3.8, 4) is 16.9 Å². The van der Waals surface area contributed by atoms with E-state index in [0.29, 0.717) is 5.75 Å². The molecule has 23 heavy (non-hydrogen) atoms. The molecule has 0 bridgehead atoms. The van der Waals surface area contributed by atoms with Crippen LogP contribution in [0.2, 0.25) is 0 Å². The molecule has 1 N–H and O–H groups in total. The van der Waals surface area contributed by atoms with Gasteiger partial charge in [-0.2, -0.15) is 0 Å². The third kappa shape index (κ3) is 3.04. The van der Waals surface area contributed by atoms with Gasteiger partial charge in [0.15, 0.2) is 0 Å². The summed E-state index contributed by atoms with van der Waals surface area (Å²) in [5.74, 6) is 0.304. The van der Waals surface area contributed by atoms with Crippen LogP contribution in [0.15, 0.2) is 77.3 Å². The first-order valence-electron chi connectivity index (χ1n) is 7.64. The second kappa shape index (κ2) is 6.21. The van der Waals surface area contributed by atoms with Crippen LogP contribution in [0, 0.1) is 0 Å². The number of hydrogen-bond acceptors (Lipinski definition) is 1. The van der Waals surface area contributed by atoms with Crippen molar-refractivity contribution in [1.82, 2.24) is 0 Å². The Hall–Kier alpha value is -2.06. The standard InChI is InChI=1S/C21H19BrO/c1-21(2,17-11-7-4-8-12-17)18-13-16(14-19(22)20(18)23)15-9-5-3-6-10-15/h3-14,23H,1-2H3. The molecule has 0 spiro atoms. The molecule has 0 aliphatic carbocycles. The molecule has 0 aliphatic rings. The lowest BCUT2D eigenvalue weighted by Gasteiger charge is -2.28. The highest BCUT2D eigenvalue weighted by Crippen LogP contribution is 2.42. The minimum absolute atomic E-state index is 0.293. The molecule has 2 heteroatoms. The topological polar surface area (TPSA) is 20.2 Å². The van der Waals surface area contributed by atoms with Crippen LogP contribution in [0.5, 0.6) is 5.75 Å². The van der Waals surface area contributed by atoms with Crippen molar-refractivity contribution in [1.29, 1.82) is 0 Å². The van der Waals surface area contributed by atoms with E-state index < -0.39 is 0 Å². The van der Waals surface area contributed by atoms with Gasteiger partial charge in [-0.15, -0.1) is 0 Å². The Morgan fingerprint density at radius 1 is 0.783 bits per heavy atom. The summed E-state index contributed by atoms with van der Waals surface area (Å²) in [7, 11) is 0. The molecule has 3 rings (SSSR count). The summed E-state index contributed by atoms with van der Waals surface area (Å²) in [6.45, 7) is 4.27. The molecule has 0 saturated heterocycles. The van der Waals surface area contributed by atoms with E-state index in [2.05, 4.69) is 60.1 Å². The summed E-state index contributed by atoms with van der Waals surface area (Å²) in [4.78, 5) is 0. The molecule has 3 aromatic carbocycles. The highest BCUT2D eigenvalue weighted by molar-refractivity contribution is 9.10. The number of benzene rings is 3. The van der Waals surface area contributed by atoms with Crippen molar-refractivity contribution in [2.45, 2.75) is 19.3 Å². The second-order valence-corrected chi connectivity index (χ2v) is 7.07. The van der Waals surface area contributed by atoms with Crippen LogP contribution in [-0.2, 0) is 5.41 Å². The average Bonchev–Trinajstić information content (AvgIpc) is 2.58. The highest BCUT2D eigenvalue weighted by Gasteiger charge is 2.27. The van der Waals surface area contributed by atoms with Crippen LogP contribution < -0.4 is 0 Å². The van der Waals surface area contributed by atoms with E-state index in [4.69, 9.17) is 0 Å². The van der Waals surface area contributed by atoms with Crippen LogP contribution in [-0.4, -0.2) is 5.11 Å². The first kappa shape index (κ1) is 15.8. The molecule has 0 atom stereocenters. The highest BCUT2D eigenvalue weighted by atomic mass is 79.9. The Labute approximate surface area is 145 Å². The fraction of sp³-hybridized carbons (Fsp3) is 0.143. The number of phenols is 1. The van der Waals surface area contributed by atoms with Crippen LogP contribution in [0.25, 0.3) is 11.1 Å². The lowest BCUT2D eigenvalue weighted by molar-refractivity contribution is 0.450. The van der Waals surface area contributed by atoms with Crippen LogP contribution in [0.4, 0.5) is 0 Å². The molecule has 0 heterocycles. The van der Waals surface area contributed by atoms with E-state index in [9.17, 15) is 5.11 Å². The monoisotopic (exact) mass is 366 g/mol. The third-order valence-electron chi connectivity index (χ3n) is 4.34. The predicted molar refractivity (Wildman–Crippen MR) is 99.8 cm³/mol. The van der Waals surface area contributed by atoms with E-state index in [0.717, 1.165) is 21.2 Å². The number of rotatable bonds is 3. The maximum atomic E-state index is 10.6. The zero-order valence-electron chi connectivity index (χ0n) is 13.3. The van der Waals surface area contributed by atoms with Crippen molar-refractivity contribution in [2.75, 3.05) is 0 Å². The number of hydrogen-bond donors (Lipinski definition) is 1. The fourth-order valence-electron chi connectivity index (χ4n) is 2.88. The van der Waals surface area contributed by atoms with Crippen molar-refractivity contribution >= 4 is 15.9 Å². The molecule has 1 nitrogen and oxygen atoms in total.